The molecule has 6 nitrogen and oxygen atoms in total. The normalized spacial score (nSPS) is 12.2. The number of hydrogen-bond donors (Lipinski definition) is 2. The Kier molecular flexibility index (Phi) is 8.49. The van der Waals surface area contributed by atoms with E-state index in [1.807, 2.05) is 49.4 Å². The molecule has 2 N–H and O–H groups in total. The molecule has 1 amide bonds. The fourth-order valence-electron chi connectivity index (χ4n) is 3.35. The van der Waals surface area contributed by atoms with Crippen LogP contribution >= 0.6 is 11.6 Å². The summed E-state index contributed by atoms with van der Waals surface area (Å²) in [4.78, 5) is 13.1. The minimum Gasteiger partial charge on any atom is -0.494 e. The standard InChI is InChI=1S/C25H27ClN2O4S/c1-3-32-24-14-13-21(15-18(24)2)33(30,31)28-23(16-19-9-5-4-6-10-19)25(29)27-17-20-11-7-8-12-22(20)26/h4-15,23,28H,3,16-17H2,1-2H3,(H,27,29)/t23-/m0/s1. The topological polar surface area (TPSA) is 84.5 Å². The third-order valence-electron chi connectivity index (χ3n) is 5.06. The highest BCUT2D eigenvalue weighted by molar-refractivity contribution is 7.89. The average molecular weight is 487 g/mol. The largest absolute Gasteiger partial charge is 0.494 e. The van der Waals surface area contributed by atoms with Gasteiger partial charge < -0.3 is 10.1 Å². The molecule has 0 spiro atoms. The van der Waals surface area contributed by atoms with E-state index in [0.717, 1.165) is 11.1 Å². The van der Waals surface area contributed by atoms with Crippen molar-refractivity contribution in [2.45, 2.75) is 37.8 Å². The third kappa shape index (κ3) is 6.81. The summed E-state index contributed by atoms with van der Waals surface area (Å²) < 4.78 is 34.3. The van der Waals surface area contributed by atoms with Gasteiger partial charge in [0.05, 0.1) is 11.5 Å². The average Bonchev–Trinajstić information content (AvgIpc) is 2.80. The number of halogens is 1. The molecule has 0 aromatic heterocycles. The Balaban J connectivity index is 1.82. The Morgan fingerprint density at radius 2 is 1.73 bits per heavy atom. The molecular formula is C25H27ClN2O4S. The molecule has 174 valence electrons. The Labute approximate surface area is 200 Å². The molecular weight excluding hydrogens is 460 g/mol. The van der Waals surface area contributed by atoms with Crippen LogP contribution in [0, 0.1) is 6.92 Å². The van der Waals surface area contributed by atoms with E-state index in [4.69, 9.17) is 16.3 Å². The summed E-state index contributed by atoms with van der Waals surface area (Å²) in [5.74, 6) is 0.180. The highest BCUT2D eigenvalue weighted by Crippen LogP contribution is 2.22. The van der Waals surface area contributed by atoms with Crippen LogP contribution in [0.4, 0.5) is 0 Å². The molecule has 0 unspecified atom stereocenters. The number of hydrogen-bond acceptors (Lipinski definition) is 4. The molecule has 0 bridgehead atoms. The Bertz CT molecular complexity index is 1200. The van der Waals surface area contributed by atoms with Crippen molar-refractivity contribution in [3.8, 4) is 5.75 Å². The molecule has 0 aliphatic heterocycles. The second kappa shape index (κ2) is 11.3. The molecule has 8 heteroatoms. The number of benzene rings is 3. The van der Waals surface area contributed by atoms with Gasteiger partial charge in [0.15, 0.2) is 0 Å². The van der Waals surface area contributed by atoms with Crippen LogP contribution in [0.1, 0.15) is 23.6 Å². The van der Waals surface area contributed by atoms with Crippen molar-refractivity contribution in [3.05, 3.63) is 94.5 Å². The minimum atomic E-state index is -3.96. The lowest BCUT2D eigenvalue weighted by Crippen LogP contribution is -2.47. The van der Waals surface area contributed by atoms with Gasteiger partial charge in [-0.25, -0.2) is 8.42 Å². The van der Waals surface area contributed by atoms with Crippen LogP contribution in [-0.4, -0.2) is 27.0 Å². The van der Waals surface area contributed by atoms with Gasteiger partial charge in [-0.1, -0.05) is 60.1 Å². The lowest BCUT2D eigenvalue weighted by atomic mass is 10.1. The van der Waals surface area contributed by atoms with Crippen LogP contribution < -0.4 is 14.8 Å². The lowest BCUT2D eigenvalue weighted by Gasteiger charge is -2.19. The quantitative estimate of drug-likeness (QED) is 0.448. The fraction of sp³-hybridized carbons (Fsp3) is 0.240. The number of rotatable bonds is 10. The molecule has 1 atom stereocenters. The van der Waals surface area contributed by atoms with Crippen molar-refractivity contribution in [3.63, 3.8) is 0 Å². The predicted octanol–water partition coefficient (Wildman–Crippen LogP) is 4.25. The second-order valence-electron chi connectivity index (χ2n) is 7.53. The van der Waals surface area contributed by atoms with E-state index in [1.54, 1.807) is 25.1 Å². The summed E-state index contributed by atoms with van der Waals surface area (Å²) in [6.45, 7) is 4.31. The van der Waals surface area contributed by atoms with Gasteiger partial charge in [0.1, 0.15) is 11.8 Å². The first-order chi connectivity index (χ1) is 15.8. The van der Waals surface area contributed by atoms with Crippen LogP contribution in [-0.2, 0) is 27.8 Å². The number of carbonyl (C=O) groups excluding carboxylic acids is 1. The zero-order valence-corrected chi connectivity index (χ0v) is 20.1. The van der Waals surface area contributed by atoms with Crippen LogP contribution in [0.5, 0.6) is 5.75 Å². The Morgan fingerprint density at radius 3 is 2.39 bits per heavy atom. The first-order valence-corrected chi connectivity index (χ1v) is 12.5. The molecule has 3 aromatic rings. The van der Waals surface area contributed by atoms with Crippen LogP contribution in [0.15, 0.2) is 77.7 Å². The summed E-state index contributed by atoms with van der Waals surface area (Å²) in [6.07, 6.45) is 0.199. The minimum absolute atomic E-state index is 0.0698. The Hall–Kier alpha value is -2.87. The van der Waals surface area contributed by atoms with Crippen LogP contribution in [0.3, 0.4) is 0 Å². The third-order valence-corrected chi connectivity index (χ3v) is 6.90. The molecule has 3 aromatic carbocycles. The highest BCUT2D eigenvalue weighted by atomic mass is 35.5. The number of aryl methyl sites for hydroxylation is 1. The molecule has 0 aliphatic carbocycles. The summed E-state index contributed by atoms with van der Waals surface area (Å²) in [6, 6.07) is 20.1. The predicted molar refractivity (Wildman–Crippen MR) is 130 cm³/mol. The summed E-state index contributed by atoms with van der Waals surface area (Å²) in [7, 11) is -3.96. The van der Waals surface area contributed by atoms with Gasteiger partial charge in [-0.3, -0.25) is 4.79 Å². The first kappa shape index (κ1) is 24.8. The number of sulfonamides is 1. The fourth-order valence-corrected chi connectivity index (χ4v) is 4.83. The molecule has 3 rings (SSSR count). The van der Waals surface area contributed by atoms with E-state index in [9.17, 15) is 13.2 Å². The number of nitrogens with one attached hydrogen (secondary N) is 2. The zero-order valence-electron chi connectivity index (χ0n) is 18.5. The summed E-state index contributed by atoms with van der Waals surface area (Å²) >= 11 is 6.18. The van der Waals surface area contributed by atoms with Gasteiger partial charge in [0.2, 0.25) is 15.9 Å². The first-order valence-electron chi connectivity index (χ1n) is 10.6. The van der Waals surface area contributed by atoms with Crippen molar-refractivity contribution in [1.29, 1.82) is 0 Å². The molecule has 33 heavy (non-hydrogen) atoms. The smallest absolute Gasteiger partial charge is 0.241 e. The van der Waals surface area contributed by atoms with Gasteiger partial charge in [0, 0.05) is 11.6 Å². The van der Waals surface area contributed by atoms with Crippen molar-refractivity contribution >= 4 is 27.5 Å². The van der Waals surface area contributed by atoms with Gasteiger partial charge >= 0.3 is 0 Å². The molecule has 0 saturated heterocycles. The van der Waals surface area contributed by atoms with E-state index in [2.05, 4.69) is 10.0 Å². The molecule has 0 saturated carbocycles. The van der Waals surface area contributed by atoms with Gasteiger partial charge in [-0.2, -0.15) is 4.72 Å². The summed E-state index contributed by atoms with van der Waals surface area (Å²) in [5.41, 5.74) is 2.28. The van der Waals surface area contributed by atoms with E-state index >= 15 is 0 Å². The van der Waals surface area contributed by atoms with Gasteiger partial charge in [-0.15, -0.1) is 0 Å². The molecule has 0 fully saturated rings. The molecule has 0 heterocycles. The maximum Gasteiger partial charge on any atom is 0.241 e. The maximum atomic E-state index is 13.1. The van der Waals surface area contributed by atoms with Crippen molar-refractivity contribution in [2.75, 3.05) is 6.61 Å². The highest BCUT2D eigenvalue weighted by Gasteiger charge is 2.26. The van der Waals surface area contributed by atoms with E-state index in [0.29, 0.717) is 22.9 Å². The maximum absolute atomic E-state index is 13.1. The van der Waals surface area contributed by atoms with Gasteiger partial charge in [0.25, 0.3) is 0 Å². The zero-order chi connectivity index (χ0) is 23.8. The number of ether oxygens (including phenoxy) is 1. The molecule has 0 aliphatic rings. The van der Waals surface area contributed by atoms with Crippen molar-refractivity contribution in [2.24, 2.45) is 0 Å². The van der Waals surface area contributed by atoms with Gasteiger partial charge in [-0.05, 0) is 61.2 Å². The van der Waals surface area contributed by atoms with Crippen LogP contribution in [0.25, 0.3) is 0 Å². The second-order valence-corrected chi connectivity index (χ2v) is 9.65. The van der Waals surface area contributed by atoms with E-state index < -0.39 is 22.0 Å². The van der Waals surface area contributed by atoms with E-state index in [-0.39, 0.29) is 17.9 Å². The van der Waals surface area contributed by atoms with Crippen molar-refractivity contribution in [1.82, 2.24) is 10.0 Å². The molecule has 0 radical (unpaired) electrons. The number of amides is 1. The summed E-state index contributed by atoms with van der Waals surface area (Å²) in [5, 5.41) is 3.33. The Morgan fingerprint density at radius 1 is 1.03 bits per heavy atom. The monoisotopic (exact) mass is 486 g/mol. The van der Waals surface area contributed by atoms with E-state index in [1.165, 1.54) is 12.1 Å². The van der Waals surface area contributed by atoms with Crippen molar-refractivity contribution < 1.29 is 17.9 Å². The SMILES string of the molecule is CCOc1ccc(S(=O)(=O)N[C@@H](Cc2ccccc2)C(=O)NCc2ccccc2Cl)cc1C. The van der Waals surface area contributed by atoms with Crippen LogP contribution in [0.2, 0.25) is 5.02 Å². The lowest BCUT2D eigenvalue weighted by molar-refractivity contribution is -0.122. The number of carbonyl (C=O) groups is 1.